The minimum atomic E-state index is 0.252. The van der Waals surface area contributed by atoms with Gasteiger partial charge in [0.25, 0.3) is 0 Å². The van der Waals surface area contributed by atoms with Gasteiger partial charge in [0.05, 0.1) is 6.42 Å². The standard InChI is InChI=1S/C17H23ClN2O/c18-15-5-3-14(4-6-15)11-16(21)20-10-2-8-17(13-20)7-1-9-19-12-17/h3-6,19H,1-2,7-13H2. The average molecular weight is 307 g/mol. The summed E-state index contributed by atoms with van der Waals surface area (Å²) in [6.45, 7) is 4.03. The first-order valence-electron chi connectivity index (χ1n) is 7.90. The maximum absolute atomic E-state index is 12.6. The first-order valence-corrected chi connectivity index (χ1v) is 8.28. The van der Waals surface area contributed by atoms with Crippen LogP contribution in [0.25, 0.3) is 0 Å². The molecule has 2 saturated heterocycles. The van der Waals surface area contributed by atoms with Crippen molar-refractivity contribution in [1.29, 1.82) is 0 Å². The zero-order valence-electron chi connectivity index (χ0n) is 12.4. The molecule has 0 radical (unpaired) electrons. The van der Waals surface area contributed by atoms with Gasteiger partial charge in [0, 0.05) is 30.1 Å². The van der Waals surface area contributed by atoms with Gasteiger partial charge in [0.15, 0.2) is 0 Å². The normalized spacial score (nSPS) is 26.0. The Bertz CT molecular complexity index is 489. The number of carbonyl (C=O) groups is 1. The van der Waals surface area contributed by atoms with E-state index in [0.717, 1.165) is 43.2 Å². The highest BCUT2D eigenvalue weighted by Crippen LogP contribution is 2.36. The van der Waals surface area contributed by atoms with Crippen molar-refractivity contribution >= 4 is 17.5 Å². The van der Waals surface area contributed by atoms with E-state index >= 15 is 0 Å². The molecule has 1 aromatic rings. The number of nitrogens with one attached hydrogen (secondary N) is 1. The number of rotatable bonds is 2. The van der Waals surface area contributed by atoms with Gasteiger partial charge in [-0.2, -0.15) is 0 Å². The third kappa shape index (κ3) is 3.58. The molecule has 4 heteroatoms. The van der Waals surface area contributed by atoms with Crippen LogP contribution in [0.3, 0.4) is 0 Å². The molecular formula is C17H23ClN2O. The number of halogens is 1. The van der Waals surface area contributed by atoms with Gasteiger partial charge in [-0.1, -0.05) is 23.7 Å². The molecule has 3 nitrogen and oxygen atoms in total. The topological polar surface area (TPSA) is 32.3 Å². The summed E-state index contributed by atoms with van der Waals surface area (Å²) in [5.41, 5.74) is 1.37. The molecule has 2 fully saturated rings. The van der Waals surface area contributed by atoms with Crippen LogP contribution in [0.15, 0.2) is 24.3 Å². The summed E-state index contributed by atoms with van der Waals surface area (Å²) in [5, 5.41) is 4.23. The Morgan fingerprint density at radius 1 is 1.24 bits per heavy atom. The second-order valence-electron chi connectivity index (χ2n) is 6.50. The Labute approximate surface area is 131 Å². The van der Waals surface area contributed by atoms with Gasteiger partial charge >= 0.3 is 0 Å². The monoisotopic (exact) mass is 306 g/mol. The first-order chi connectivity index (χ1) is 10.2. The van der Waals surface area contributed by atoms with Crippen LogP contribution in [0.4, 0.5) is 0 Å². The predicted molar refractivity (Wildman–Crippen MR) is 85.5 cm³/mol. The van der Waals surface area contributed by atoms with E-state index < -0.39 is 0 Å². The molecule has 1 unspecified atom stereocenters. The molecule has 2 aliphatic heterocycles. The Morgan fingerprint density at radius 2 is 2.00 bits per heavy atom. The summed E-state index contributed by atoms with van der Waals surface area (Å²) in [6.07, 6.45) is 5.36. The fraction of sp³-hybridized carbons (Fsp3) is 0.588. The zero-order chi connectivity index (χ0) is 14.7. The van der Waals surface area contributed by atoms with Gasteiger partial charge in [0.2, 0.25) is 5.91 Å². The van der Waals surface area contributed by atoms with Crippen LogP contribution in [-0.4, -0.2) is 37.0 Å². The van der Waals surface area contributed by atoms with Gasteiger partial charge in [-0.15, -0.1) is 0 Å². The summed E-state index contributed by atoms with van der Waals surface area (Å²) in [4.78, 5) is 14.6. The minimum absolute atomic E-state index is 0.252. The van der Waals surface area contributed by atoms with E-state index in [1.807, 2.05) is 24.3 Å². The molecule has 21 heavy (non-hydrogen) atoms. The molecule has 0 saturated carbocycles. The minimum Gasteiger partial charge on any atom is -0.342 e. The van der Waals surface area contributed by atoms with Gasteiger partial charge in [-0.3, -0.25) is 4.79 Å². The number of carbonyl (C=O) groups excluding carboxylic acids is 1. The maximum atomic E-state index is 12.6. The van der Waals surface area contributed by atoms with Crippen LogP contribution >= 0.6 is 11.6 Å². The lowest BCUT2D eigenvalue weighted by atomic mass is 9.74. The van der Waals surface area contributed by atoms with Gasteiger partial charge in [0.1, 0.15) is 0 Å². The van der Waals surface area contributed by atoms with E-state index in [-0.39, 0.29) is 5.91 Å². The summed E-state index contributed by atoms with van der Waals surface area (Å²) in [7, 11) is 0. The van der Waals surface area contributed by atoms with Crippen molar-refractivity contribution < 1.29 is 4.79 Å². The SMILES string of the molecule is O=C(Cc1ccc(Cl)cc1)N1CCCC2(CCCNC2)C1. The van der Waals surface area contributed by atoms with Crippen LogP contribution in [0.1, 0.15) is 31.2 Å². The van der Waals surface area contributed by atoms with Crippen molar-refractivity contribution in [2.75, 3.05) is 26.2 Å². The van der Waals surface area contributed by atoms with Crippen LogP contribution in [0, 0.1) is 5.41 Å². The number of nitrogens with zero attached hydrogens (tertiary/aromatic N) is 1. The van der Waals surface area contributed by atoms with Crippen LogP contribution in [0.5, 0.6) is 0 Å². The predicted octanol–water partition coefficient (Wildman–Crippen LogP) is 2.87. The highest BCUT2D eigenvalue weighted by atomic mass is 35.5. The molecule has 0 aliphatic carbocycles. The Hall–Kier alpha value is -1.06. The summed E-state index contributed by atoms with van der Waals surface area (Å²) in [5.74, 6) is 0.252. The third-order valence-electron chi connectivity index (χ3n) is 4.84. The van der Waals surface area contributed by atoms with E-state index in [0.29, 0.717) is 11.8 Å². The van der Waals surface area contributed by atoms with E-state index in [2.05, 4.69) is 10.2 Å². The molecule has 1 aromatic carbocycles. The quantitative estimate of drug-likeness (QED) is 0.911. The van der Waals surface area contributed by atoms with Crippen molar-refractivity contribution in [3.05, 3.63) is 34.9 Å². The van der Waals surface area contributed by atoms with E-state index in [1.54, 1.807) is 0 Å². The first kappa shape index (κ1) is 14.9. The molecule has 0 aromatic heterocycles. The van der Waals surface area contributed by atoms with Gasteiger partial charge in [-0.05, 0) is 49.9 Å². The largest absolute Gasteiger partial charge is 0.342 e. The second kappa shape index (κ2) is 6.37. The third-order valence-corrected chi connectivity index (χ3v) is 5.10. The second-order valence-corrected chi connectivity index (χ2v) is 6.94. The number of benzene rings is 1. The molecule has 1 atom stereocenters. The van der Waals surface area contributed by atoms with Crippen molar-refractivity contribution in [1.82, 2.24) is 10.2 Å². The molecule has 2 aliphatic rings. The van der Waals surface area contributed by atoms with Gasteiger partial charge in [-0.25, -0.2) is 0 Å². The fourth-order valence-corrected chi connectivity index (χ4v) is 3.81. The lowest BCUT2D eigenvalue weighted by Crippen LogP contribution is -2.52. The molecule has 1 N–H and O–H groups in total. The molecule has 0 bridgehead atoms. The van der Waals surface area contributed by atoms with E-state index in [9.17, 15) is 4.79 Å². The van der Waals surface area contributed by atoms with Crippen molar-refractivity contribution in [2.24, 2.45) is 5.41 Å². The average Bonchev–Trinajstić information content (AvgIpc) is 2.50. The van der Waals surface area contributed by atoms with Crippen molar-refractivity contribution in [3.63, 3.8) is 0 Å². The highest BCUT2D eigenvalue weighted by Gasteiger charge is 2.37. The number of hydrogen-bond donors (Lipinski definition) is 1. The van der Waals surface area contributed by atoms with Crippen LogP contribution in [0.2, 0.25) is 5.02 Å². The van der Waals surface area contributed by atoms with Crippen molar-refractivity contribution in [3.8, 4) is 0 Å². The lowest BCUT2D eigenvalue weighted by molar-refractivity contribution is -0.134. The highest BCUT2D eigenvalue weighted by molar-refractivity contribution is 6.30. The smallest absolute Gasteiger partial charge is 0.227 e. The van der Waals surface area contributed by atoms with Crippen LogP contribution in [-0.2, 0) is 11.2 Å². The molecule has 1 spiro atoms. The van der Waals surface area contributed by atoms with Crippen LogP contribution < -0.4 is 5.32 Å². The zero-order valence-corrected chi connectivity index (χ0v) is 13.2. The molecule has 3 rings (SSSR count). The summed E-state index contributed by atoms with van der Waals surface area (Å²) in [6, 6.07) is 7.60. The Kier molecular flexibility index (Phi) is 4.51. The molecule has 114 valence electrons. The Morgan fingerprint density at radius 3 is 2.71 bits per heavy atom. The van der Waals surface area contributed by atoms with Crippen molar-refractivity contribution in [2.45, 2.75) is 32.1 Å². The summed E-state index contributed by atoms with van der Waals surface area (Å²) >= 11 is 5.89. The maximum Gasteiger partial charge on any atom is 0.227 e. The molecule has 1 amide bonds. The number of amides is 1. The lowest BCUT2D eigenvalue weighted by Gasteiger charge is -2.45. The fourth-order valence-electron chi connectivity index (χ4n) is 3.69. The summed E-state index contributed by atoms with van der Waals surface area (Å²) < 4.78 is 0. The number of piperidine rings is 2. The van der Waals surface area contributed by atoms with Gasteiger partial charge < -0.3 is 10.2 Å². The van der Waals surface area contributed by atoms with E-state index in [1.165, 1.54) is 19.3 Å². The Balaban J connectivity index is 1.62. The number of hydrogen-bond acceptors (Lipinski definition) is 2. The molecule has 2 heterocycles. The number of likely N-dealkylation sites (tertiary alicyclic amines) is 1. The molecular weight excluding hydrogens is 284 g/mol. The van der Waals surface area contributed by atoms with E-state index in [4.69, 9.17) is 11.6 Å².